The van der Waals surface area contributed by atoms with Crippen LogP contribution in [0.3, 0.4) is 0 Å². The van der Waals surface area contributed by atoms with Gasteiger partial charge in [0.2, 0.25) is 17.7 Å². The highest BCUT2D eigenvalue weighted by Crippen LogP contribution is 2.71. The van der Waals surface area contributed by atoms with Gasteiger partial charge in [-0.1, -0.05) is 31.9 Å². The average molecular weight is 520 g/mol. The van der Waals surface area contributed by atoms with Gasteiger partial charge in [0, 0.05) is 44.6 Å². The van der Waals surface area contributed by atoms with Crippen LogP contribution < -0.4 is 0 Å². The van der Waals surface area contributed by atoms with Crippen molar-refractivity contribution in [3.8, 4) is 0 Å². The Morgan fingerprint density at radius 3 is 2.47 bits per heavy atom. The van der Waals surface area contributed by atoms with E-state index >= 15 is 0 Å². The van der Waals surface area contributed by atoms with E-state index in [4.69, 9.17) is 0 Å². The summed E-state index contributed by atoms with van der Waals surface area (Å²) in [6, 6.07) is -0.569. The lowest BCUT2D eigenvalue weighted by Crippen LogP contribution is -2.55. The quantitative estimate of drug-likeness (QED) is 0.265. The topological polar surface area (TPSA) is 81.2 Å². The van der Waals surface area contributed by atoms with Crippen LogP contribution in [-0.2, 0) is 14.4 Å². The molecular weight excluding hydrogens is 474 g/mol. The number of unbranched alkanes of at least 4 members (excludes halogenated alkanes) is 4. The van der Waals surface area contributed by atoms with Gasteiger partial charge in [-0.05, 0) is 45.4 Å². The molecule has 1 N–H and O–H groups in total. The van der Waals surface area contributed by atoms with E-state index in [0.717, 1.165) is 44.9 Å². The van der Waals surface area contributed by atoms with Crippen molar-refractivity contribution < 1.29 is 19.5 Å². The summed E-state index contributed by atoms with van der Waals surface area (Å²) in [5, 5.41) is 9.22. The van der Waals surface area contributed by atoms with E-state index in [-0.39, 0.29) is 29.1 Å². The molecule has 5 atom stereocenters. The molecule has 3 saturated heterocycles. The number of aliphatic hydroxyl groups excluding tert-OH is 1. The fourth-order valence-electron chi connectivity index (χ4n) is 6.59. The fourth-order valence-corrected chi connectivity index (χ4v) is 8.93. The number of hydrogen-bond acceptors (Lipinski definition) is 5. The van der Waals surface area contributed by atoms with Crippen LogP contribution >= 0.6 is 11.8 Å². The van der Waals surface area contributed by atoms with Crippen molar-refractivity contribution >= 4 is 29.5 Å². The lowest BCUT2D eigenvalue weighted by molar-refractivity contribution is -0.145. The van der Waals surface area contributed by atoms with Gasteiger partial charge < -0.3 is 19.8 Å². The summed E-state index contributed by atoms with van der Waals surface area (Å²) >= 11 is 1.73. The predicted octanol–water partition coefficient (Wildman–Crippen LogP) is 3.48. The first-order valence-electron chi connectivity index (χ1n) is 13.6. The minimum atomic E-state index is -0.584. The number of amides is 3. The number of fused-ring (bicyclic) bond motifs is 1. The number of carbonyl (C=O) groups excluding carboxylic acids is 3. The average Bonchev–Trinajstić information content (AvgIpc) is 3.41. The molecule has 0 aromatic rings. The zero-order valence-electron chi connectivity index (χ0n) is 22.4. The van der Waals surface area contributed by atoms with Crippen molar-refractivity contribution in [2.75, 3.05) is 39.8 Å². The first kappa shape index (κ1) is 28.8. The molecule has 3 amide bonds. The number of rotatable bonds is 15. The van der Waals surface area contributed by atoms with Crippen LogP contribution in [0.4, 0.5) is 0 Å². The van der Waals surface area contributed by atoms with Gasteiger partial charge in [0.1, 0.15) is 6.04 Å². The zero-order valence-corrected chi connectivity index (χ0v) is 23.2. The van der Waals surface area contributed by atoms with Gasteiger partial charge in [0.25, 0.3) is 0 Å². The molecule has 2 bridgehead atoms. The van der Waals surface area contributed by atoms with E-state index in [0.29, 0.717) is 32.6 Å². The summed E-state index contributed by atoms with van der Waals surface area (Å²) in [5.41, 5.74) is 0. The Morgan fingerprint density at radius 1 is 1.11 bits per heavy atom. The Kier molecular flexibility index (Phi) is 9.72. The van der Waals surface area contributed by atoms with Crippen molar-refractivity contribution in [1.29, 1.82) is 0 Å². The highest BCUT2D eigenvalue weighted by Gasteiger charge is 2.77. The minimum absolute atomic E-state index is 0.00620. The highest BCUT2D eigenvalue weighted by atomic mass is 32.2. The molecule has 3 fully saturated rings. The SMILES string of the molecule is C=CCN(C)C(=O)[C@H]1[C@H]2C(=O)N(CCCCCO)C(C(=O)N(CC=C)CCCCC)C23CC[C@]1(C)S3. The maximum absolute atomic E-state index is 14.2. The zero-order chi connectivity index (χ0) is 26.5. The summed E-state index contributed by atoms with van der Waals surface area (Å²) in [5.74, 6) is -1.02. The molecule has 36 heavy (non-hydrogen) atoms. The summed E-state index contributed by atoms with van der Waals surface area (Å²) in [7, 11) is 1.77. The van der Waals surface area contributed by atoms with Gasteiger partial charge in [-0.25, -0.2) is 0 Å². The first-order chi connectivity index (χ1) is 17.2. The summed E-state index contributed by atoms with van der Waals surface area (Å²) < 4.78 is -0.945. The van der Waals surface area contributed by atoms with Gasteiger partial charge in [0.15, 0.2) is 0 Å². The third-order valence-electron chi connectivity index (χ3n) is 8.31. The van der Waals surface area contributed by atoms with Gasteiger partial charge >= 0.3 is 0 Å². The minimum Gasteiger partial charge on any atom is -0.396 e. The molecule has 3 rings (SSSR count). The molecular formula is C28H45N3O4S. The highest BCUT2D eigenvalue weighted by molar-refractivity contribution is 8.02. The van der Waals surface area contributed by atoms with E-state index in [2.05, 4.69) is 27.0 Å². The second kappa shape index (κ2) is 12.2. The van der Waals surface area contributed by atoms with Crippen molar-refractivity contribution in [2.45, 2.75) is 80.7 Å². The Hall–Kier alpha value is -1.80. The van der Waals surface area contributed by atoms with Crippen molar-refractivity contribution in [1.82, 2.24) is 14.7 Å². The van der Waals surface area contributed by atoms with Crippen molar-refractivity contribution in [2.24, 2.45) is 11.8 Å². The van der Waals surface area contributed by atoms with Crippen LogP contribution in [0.1, 0.15) is 65.2 Å². The van der Waals surface area contributed by atoms with Gasteiger partial charge in [-0.15, -0.1) is 24.9 Å². The van der Waals surface area contributed by atoms with Crippen LogP contribution in [0.15, 0.2) is 25.3 Å². The van der Waals surface area contributed by atoms with E-state index < -0.39 is 22.6 Å². The molecule has 3 aliphatic heterocycles. The normalized spacial score (nSPS) is 30.4. The lowest BCUT2D eigenvalue weighted by atomic mass is 9.66. The summed E-state index contributed by atoms with van der Waals surface area (Å²) in [6.45, 7) is 14.0. The van der Waals surface area contributed by atoms with E-state index in [9.17, 15) is 19.5 Å². The molecule has 0 saturated carbocycles. The van der Waals surface area contributed by atoms with Crippen LogP contribution in [-0.4, -0.2) is 92.9 Å². The number of hydrogen-bond donors (Lipinski definition) is 1. The van der Waals surface area contributed by atoms with Gasteiger partial charge in [0.05, 0.1) is 16.6 Å². The van der Waals surface area contributed by atoms with Crippen LogP contribution in [0, 0.1) is 11.8 Å². The maximum Gasteiger partial charge on any atom is 0.247 e. The molecule has 202 valence electrons. The molecule has 8 heteroatoms. The Morgan fingerprint density at radius 2 is 1.83 bits per heavy atom. The number of thioether (sulfide) groups is 1. The predicted molar refractivity (Wildman–Crippen MR) is 146 cm³/mol. The van der Waals surface area contributed by atoms with E-state index in [1.807, 2.05) is 4.90 Å². The van der Waals surface area contributed by atoms with E-state index in [1.165, 1.54) is 0 Å². The maximum atomic E-state index is 14.2. The van der Waals surface area contributed by atoms with Crippen LogP contribution in [0.2, 0.25) is 0 Å². The molecule has 0 radical (unpaired) electrons. The molecule has 7 nitrogen and oxygen atoms in total. The number of carbonyl (C=O) groups is 3. The second-order valence-corrected chi connectivity index (χ2v) is 12.7. The van der Waals surface area contributed by atoms with Crippen LogP contribution in [0.25, 0.3) is 0 Å². The Balaban J connectivity index is 1.99. The molecule has 2 unspecified atom stereocenters. The molecule has 0 aliphatic carbocycles. The smallest absolute Gasteiger partial charge is 0.247 e. The molecule has 0 aromatic heterocycles. The Labute approximate surface area is 221 Å². The lowest BCUT2D eigenvalue weighted by Gasteiger charge is -2.38. The summed E-state index contributed by atoms with van der Waals surface area (Å²) in [6.07, 6.45) is 10.3. The number of aliphatic hydroxyl groups is 1. The third-order valence-corrected chi connectivity index (χ3v) is 10.3. The second-order valence-electron chi connectivity index (χ2n) is 10.8. The Bertz CT molecular complexity index is 851. The first-order valence-corrected chi connectivity index (χ1v) is 14.4. The standard InChI is InChI=1S/C28H45N3O4S/c1-6-9-11-18-30(17-8-3)26(35)23-28-15-14-27(4,36-28)21(24(33)29(5)16-7-2)22(28)25(34)31(23)19-12-10-13-20-32/h7-8,21-23,32H,2-3,6,9-20H2,1,4-5H3/t21-,22+,23?,27+,28?/m1/s1. The number of likely N-dealkylation sites (tertiary alicyclic amines) is 1. The largest absolute Gasteiger partial charge is 0.396 e. The molecule has 1 spiro atoms. The number of nitrogens with zero attached hydrogens (tertiary/aromatic N) is 3. The van der Waals surface area contributed by atoms with Crippen molar-refractivity contribution in [3.05, 3.63) is 25.3 Å². The third kappa shape index (κ3) is 5.13. The van der Waals surface area contributed by atoms with Gasteiger partial charge in [-0.2, -0.15) is 0 Å². The van der Waals surface area contributed by atoms with E-state index in [1.54, 1.807) is 40.8 Å². The molecule has 0 aromatic carbocycles. The summed E-state index contributed by atoms with van der Waals surface area (Å²) in [4.78, 5) is 47.3. The van der Waals surface area contributed by atoms with Crippen LogP contribution in [0.5, 0.6) is 0 Å². The van der Waals surface area contributed by atoms with Gasteiger partial charge in [-0.3, -0.25) is 14.4 Å². The van der Waals surface area contributed by atoms with Crippen molar-refractivity contribution in [3.63, 3.8) is 0 Å². The molecule has 3 heterocycles. The number of likely N-dealkylation sites (N-methyl/N-ethyl adjacent to an activating group) is 1. The monoisotopic (exact) mass is 519 g/mol. The fraction of sp³-hybridized carbons (Fsp3) is 0.750. The molecule has 3 aliphatic rings.